The van der Waals surface area contributed by atoms with Crippen molar-refractivity contribution in [2.24, 2.45) is 11.8 Å². The van der Waals surface area contributed by atoms with Gasteiger partial charge in [0.2, 0.25) is 0 Å². The number of allylic oxidation sites excluding steroid dienone is 2. The van der Waals surface area contributed by atoms with E-state index in [4.69, 9.17) is 5.11 Å². The summed E-state index contributed by atoms with van der Waals surface area (Å²) in [6, 6.07) is 1.10. The Hall–Kier alpha value is -0.870. The fourth-order valence-electron chi connectivity index (χ4n) is 3.58. The van der Waals surface area contributed by atoms with Crippen molar-refractivity contribution in [1.29, 1.82) is 0 Å². The van der Waals surface area contributed by atoms with Gasteiger partial charge in [-0.25, -0.2) is 0 Å². The van der Waals surface area contributed by atoms with Gasteiger partial charge in [0, 0.05) is 18.6 Å². The lowest BCUT2D eigenvalue weighted by Crippen LogP contribution is -2.54. The van der Waals surface area contributed by atoms with Gasteiger partial charge in [-0.3, -0.25) is 9.69 Å². The Bertz CT molecular complexity index is 386. The van der Waals surface area contributed by atoms with Crippen LogP contribution >= 0.6 is 0 Å². The molecule has 0 aromatic rings. The Labute approximate surface area is 127 Å². The SMILES string of the molecule is O=C(O)CN(CC1CC1)C1CC(NCC2CC=CCC2)C1. The van der Waals surface area contributed by atoms with Crippen molar-refractivity contribution in [2.75, 3.05) is 19.6 Å². The zero-order valence-corrected chi connectivity index (χ0v) is 12.8. The van der Waals surface area contributed by atoms with E-state index in [1.807, 2.05) is 0 Å². The highest BCUT2D eigenvalue weighted by Gasteiger charge is 2.37. The minimum absolute atomic E-state index is 0.224. The van der Waals surface area contributed by atoms with Gasteiger partial charge in [0.15, 0.2) is 0 Å². The third-order valence-corrected chi connectivity index (χ3v) is 5.23. The zero-order chi connectivity index (χ0) is 14.7. The van der Waals surface area contributed by atoms with Crippen molar-refractivity contribution in [3.05, 3.63) is 12.2 Å². The molecule has 2 fully saturated rings. The first-order valence-electron chi connectivity index (χ1n) is 8.55. The Balaban J connectivity index is 1.36. The van der Waals surface area contributed by atoms with E-state index in [9.17, 15) is 4.79 Å². The van der Waals surface area contributed by atoms with Crippen LogP contribution in [0.3, 0.4) is 0 Å². The lowest BCUT2D eigenvalue weighted by molar-refractivity contribution is -0.139. The van der Waals surface area contributed by atoms with Gasteiger partial charge in [0.05, 0.1) is 6.54 Å². The predicted octanol–water partition coefficient (Wildman–Crippen LogP) is 2.26. The van der Waals surface area contributed by atoms with Crippen LogP contribution in [0.5, 0.6) is 0 Å². The van der Waals surface area contributed by atoms with E-state index in [0.29, 0.717) is 12.1 Å². The summed E-state index contributed by atoms with van der Waals surface area (Å²) >= 11 is 0. The fraction of sp³-hybridized carbons (Fsp3) is 0.824. The quantitative estimate of drug-likeness (QED) is 0.674. The van der Waals surface area contributed by atoms with Crippen molar-refractivity contribution in [3.8, 4) is 0 Å². The van der Waals surface area contributed by atoms with Crippen molar-refractivity contribution >= 4 is 5.97 Å². The second kappa shape index (κ2) is 6.93. The number of carbonyl (C=O) groups is 1. The van der Waals surface area contributed by atoms with Gasteiger partial charge < -0.3 is 10.4 Å². The topological polar surface area (TPSA) is 52.6 Å². The third-order valence-electron chi connectivity index (χ3n) is 5.23. The molecule has 4 heteroatoms. The molecule has 3 aliphatic rings. The minimum atomic E-state index is -0.680. The summed E-state index contributed by atoms with van der Waals surface area (Å²) in [5.74, 6) is 0.891. The van der Waals surface area contributed by atoms with Crippen molar-refractivity contribution in [1.82, 2.24) is 10.2 Å². The number of hydrogen-bond donors (Lipinski definition) is 2. The van der Waals surface area contributed by atoms with Crippen LogP contribution in [0.4, 0.5) is 0 Å². The summed E-state index contributed by atoms with van der Waals surface area (Å²) in [7, 11) is 0. The molecule has 0 spiro atoms. The van der Waals surface area contributed by atoms with E-state index >= 15 is 0 Å². The minimum Gasteiger partial charge on any atom is -0.480 e. The van der Waals surface area contributed by atoms with Gasteiger partial charge in [-0.15, -0.1) is 0 Å². The number of rotatable bonds is 8. The van der Waals surface area contributed by atoms with Crippen LogP contribution in [-0.2, 0) is 4.79 Å². The van der Waals surface area contributed by atoms with Gasteiger partial charge in [0.25, 0.3) is 0 Å². The molecule has 0 radical (unpaired) electrons. The third kappa shape index (κ3) is 4.55. The molecule has 118 valence electrons. The monoisotopic (exact) mass is 292 g/mol. The van der Waals surface area contributed by atoms with Crippen LogP contribution in [0, 0.1) is 11.8 Å². The summed E-state index contributed by atoms with van der Waals surface area (Å²) in [6.07, 6.45) is 13.2. The van der Waals surface area contributed by atoms with Gasteiger partial charge in [0.1, 0.15) is 0 Å². The Morgan fingerprint density at radius 1 is 1.19 bits per heavy atom. The Kier molecular flexibility index (Phi) is 4.96. The lowest BCUT2D eigenvalue weighted by Gasteiger charge is -2.43. The highest BCUT2D eigenvalue weighted by atomic mass is 16.4. The number of carboxylic acid groups (broad SMARTS) is 1. The molecule has 0 aromatic heterocycles. The molecular weight excluding hydrogens is 264 g/mol. The highest BCUT2D eigenvalue weighted by molar-refractivity contribution is 5.69. The van der Waals surface area contributed by atoms with E-state index in [2.05, 4.69) is 22.4 Å². The Morgan fingerprint density at radius 2 is 2.00 bits per heavy atom. The summed E-state index contributed by atoms with van der Waals surface area (Å²) in [5, 5.41) is 12.7. The highest BCUT2D eigenvalue weighted by Crippen LogP contribution is 2.33. The van der Waals surface area contributed by atoms with Crippen LogP contribution in [0.1, 0.15) is 44.9 Å². The van der Waals surface area contributed by atoms with Crippen LogP contribution < -0.4 is 5.32 Å². The predicted molar refractivity (Wildman–Crippen MR) is 83.2 cm³/mol. The smallest absolute Gasteiger partial charge is 0.317 e. The van der Waals surface area contributed by atoms with E-state index in [1.165, 1.54) is 32.1 Å². The Morgan fingerprint density at radius 3 is 2.62 bits per heavy atom. The van der Waals surface area contributed by atoms with Gasteiger partial charge in [-0.1, -0.05) is 12.2 Å². The molecule has 3 aliphatic carbocycles. The first kappa shape index (κ1) is 15.0. The van der Waals surface area contributed by atoms with Crippen molar-refractivity contribution in [3.63, 3.8) is 0 Å². The molecule has 0 saturated heterocycles. The number of hydrogen-bond acceptors (Lipinski definition) is 3. The summed E-state index contributed by atoms with van der Waals surface area (Å²) in [5.41, 5.74) is 0. The first-order chi connectivity index (χ1) is 10.2. The molecule has 0 heterocycles. The largest absolute Gasteiger partial charge is 0.480 e. The van der Waals surface area contributed by atoms with Crippen LogP contribution in [-0.4, -0.2) is 47.7 Å². The second-order valence-corrected chi connectivity index (χ2v) is 7.15. The molecule has 4 nitrogen and oxygen atoms in total. The summed E-state index contributed by atoms with van der Waals surface area (Å²) in [4.78, 5) is 13.2. The summed E-state index contributed by atoms with van der Waals surface area (Å²) in [6.45, 7) is 2.35. The fourth-order valence-corrected chi connectivity index (χ4v) is 3.58. The molecule has 0 bridgehead atoms. The molecule has 2 saturated carbocycles. The number of carboxylic acids is 1. The number of nitrogens with zero attached hydrogens (tertiary/aromatic N) is 1. The van der Waals surface area contributed by atoms with Gasteiger partial charge >= 0.3 is 5.97 Å². The van der Waals surface area contributed by atoms with E-state index < -0.39 is 5.97 Å². The van der Waals surface area contributed by atoms with Crippen molar-refractivity contribution < 1.29 is 9.90 Å². The molecule has 0 aromatic carbocycles. The number of nitrogens with one attached hydrogen (secondary N) is 1. The summed E-state index contributed by atoms with van der Waals surface area (Å²) < 4.78 is 0. The maximum Gasteiger partial charge on any atom is 0.317 e. The first-order valence-corrected chi connectivity index (χ1v) is 8.55. The van der Waals surface area contributed by atoms with Crippen LogP contribution in [0.2, 0.25) is 0 Å². The molecule has 1 unspecified atom stereocenters. The van der Waals surface area contributed by atoms with Crippen LogP contribution in [0.15, 0.2) is 12.2 Å². The van der Waals surface area contributed by atoms with E-state index in [1.54, 1.807) is 0 Å². The molecular formula is C17H28N2O2. The molecule has 21 heavy (non-hydrogen) atoms. The molecule has 3 rings (SSSR count). The van der Waals surface area contributed by atoms with E-state index in [-0.39, 0.29) is 6.54 Å². The zero-order valence-electron chi connectivity index (χ0n) is 12.8. The molecule has 0 amide bonds. The van der Waals surface area contributed by atoms with Crippen molar-refractivity contribution in [2.45, 2.75) is 57.0 Å². The van der Waals surface area contributed by atoms with Gasteiger partial charge in [-0.2, -0.15) is 0 Å². The second-order valence-electron chi connectivity index (χ2n) is 7.15. The maximum atomic E-state index is 11.0. The number of aliphatic carboxylic acids is 1. The molecule has 1 atom stereocenters. The average molecular weight is 292 g/mol. The van der Waals surface area contributed by atoms with Gasteiger partial charge in [-0.05, 0) is 63.3 Å². The lowest BCUT2D eigenvalue weighted by atomic mass is 9.84. The van der Waals surface area contributed by atoms with E-state index in [0.717, 1.165) is 37.8 Å². The molecule has 2 N–H and O–H groups in total. The molecule has 0 aliphatic heterocycles. The maximum absolute atomic E-state index is 11.0. The standard InChI is InChI=1S/C17H28N2O2/c20-17(21)12-19(11-14-6-7-14)16-8-15(9-16)18-10-13-4-2-1-3-5-13/h1-2,13-16,18H,3-12H2,(H,20,21). The average Bonchev–Trinajstić information content (AvgIpc) is 3.21. The van der Waals surface area contributed by atoms with Crippen LogP contribution in [0.25, 0.3) is 0 Å². The normalized spacial score (nSPS) is 32.1.